The van der Waals surface area contributed by atoms with Crippen LogP contribution in [0.25, 0.3) is 0 Å². The maximum absolute atomic E-state index is 3.60. The molecule has 0 saturated carbocycles. The van der Waals surface area contributed by atoms with Gasteiger partial charge in [0.05, 0.1) is 5.54 Å². The summed E-state index contributed by atoms with van der Waals surface area (Å²) in [6.07, 6.45) is 1.13. The number of nitrogens with zero attached hydrogens (tertiary/aromatic N) is 1. The molecule has 4 rings (SSSR count). The summed E-state index contributed by atoms with van der Waals surface area (Å²) in [7, 11) is 0. The molecule has 2 heteroatoms. The van der Waals surface area contributed by atoms with E-state index in [0.717, 1.165) is 26.1 Å². The molecule has 27 heavy (non-hydrogen) atoms. The third-order valence-corrected chi connectivity index (χ3v) is 5.83. The molecule has 1 fully saturated rings. The zero-order valence-corrected chi connectivity index (χ0v) is 16.0. The predicted molar refractivity (Wildman–Crippen MR) is 113 cm³/mol. The molecule has 0 aromatic heterocycles. The molecule has 138 valence electrons. The van der Waals surface area contributed by atoms with Gasteiger partial charge in [-0.1, -0.05) is 97.9 Å². The standard InChI is InChI=1S/C25H28N2/c1-2-24-20-26-18-19-27(24)25(21-12-6-3-7-13-21,22-14-8-4-9-15-22)23-16-10-5-11-17-23/h3-17,24,26H,2,18-20H2,1H3. The number of piperazine rings is 1. The molecule has 1 heterocycles. The minimum absolute atomic E-state index is 0.285. The second-order valence-corrected chi connectivity index (χ2v) is 7.27. The fourth-order valence-corrected chi connectivity index (χ4v) is 4.60. The van der Waals surface area contributed by atoms with Gasteiger partial charge in [0.1, 0.15) is 0 Å². The Morgan fingerprint density at radius 2 is 1.22 bits per heavy atom. The summed E-state index contributed by atoms with van der Waals surface area (Å²) in [5, 5.41) is 3.60. The zero-order chi connectivity index (χ0) is 18.5. The molecule has 3 aromatic carbocycles. The Hall–Kier alpha value is -2.42. The molecule has 0 spiro atoms. The van der Waals surface area contributed by atoms with Crippen LogP contribution in [0.5, 0.6) is 0 Å². The Morgan fingerprint density at radius 3 is 1.63 bits per heavy atom. The van der Waals surface area contributed by atoms with E-state index in [4.69, 9.17) is 0 Å². The van der Waals surface area contributed by atoms with Crippen LogP contribution in [0.15, 0.2) is 91.0 Å². The van der Waals surface area contributed by atoms with E-state index in [9.17, 15) is 0 Å². The highest BCUT2D eigenvalue weighted by Crippen LogP contribution is 2.44. The van der Waals surface area contributed by atoms with E-state index in [1.165, 1.54) is 16.7 Å². The number of benzene rings is 3. The SMILES string of the molecule is CCC1CNCCN1C(c1ccccc1)(c1ccccc1)c1ccccc1. The topological polar surface area (TPSA) is 15.3 Å². The molecule has 0 aliphatic carbocycles. The highest BCUT2D eigenvalue weighted by atomic mass is 15.3. The Balaban J connectivity index is 2.03. The summed E-state index contributed by atoms with van der Waals surface area (Å²) in [5.41, 5.74) is 3.72. The van der Waals surface area contributed by atoms with E-state index in [1.807, 2.05) is 0 Å². The van der Waals surface area contributed by atoms with Gasteiger partial charge in [0.25, 0.3) is 0 Å². The van der Waals surface area contributed by atoms with Crippen LogP contribution in [-0.2, 0) is 5.54 Å². The largest absolute Gasteiger partial charge is 0.314 e. The Labute approximate surface area is 162 Å². The molecule has 1 atom stereocenters. The van der Waals surface area contributed by atoms with Crippen LogP contribution in [-0.4, -0.2) is 30.6 Å². The van der Waals surface area contributed by atoms with Gasteiger partial charge in [-0.15, -0.1) is 0 Å². The van der Waals surface area contributed by atoms with E-state index >= 15 is 0 Å². The summed E-state index contributed by atoms with van der Waals surface area (Å²) in [5.74, 6) is 0. The van der Waals surface area contributed by atoms with E-state index in [0.29, 0.717) is 6.04 Å². The van der Waals surface area contributed by atoms with Gasteiger partial charge >= 0.3 is 0 Å². The first-order chi connectivity index (χ1) is 13.4. The molecule has 1 N–H and O–H groups in total. The summed E-state index contributed by atoms with van der Waals surface area (Å²) in [6.45, 7) is 5.38. The molecule has 1 saturated heterocycles. The van der Waals surface area contributed by atoms with E-state index < -0.39 is 0 Å². The van der Waals surface area contributed by atoms with Crippen molar-refractivity contribution in [3.63, 3.8) is 0 Å². The van der Waals surface area contributed by atoms with E-state index in [2.05, 4.69) is 108 Å². The van der Waals surface area contributed by atoms with Crippen molar-refractivity contribution < 1.29 is 0 Å². The van der Waals surface area contributed by atoms with Crippen molar-refractivity contribution in [2.75, 3.05) is 19.6 Å². The lowest BCUT2D eigenvalue weighted by Gasteiger charge is -2.51. The van der Waals surface area contributed by atoms with Crippen LogP contribution in [0, 0.1) is 0 Å². The fraction of sp³-hybridized carbons (Fsp3) is 0.280. The van der Waals surface area contributed by atoms with Gasteiger partial charge in [0.2, 0.25) is 0 Å². The average Bonchev–Trinajstić information content (AvgIpc) is 2.77. The third-order valence-electron chi connectivity index (χ3n) is 5.83. The maximum Gasteiger partial charge on any atom is 0.0976 e. The van der Waals surface area contributed by atoms with Gasteiger partial charge in [0, 0.05) is 25.7 Å². The van der Waals surface area contributed by atoms with Crippen molar-refractivity contribution in [2.24, 2.45) is 0 Å². The molecule has 2 nitrogen and oxygen atoms in total. The lowest BCUT2D eigenvalue weighted by atomic mass is 9.74. The van der Waals surface area contributed by atoms with Gasteiger partial charge in [0.15, 0.2) is 0 Å². The molecule has 1 unspecified atom stereocenters. The van der Waals surface area contributed by atoms with Crippen LogP contribution in [0.3, 0.4) is 0 Å². The quantitative estimate of drug-likeness (QED) is 0.669. The molecule has 0 bridgehead atoms. The number of hydrogen-bond acceptors (Lipinski definition) is 2. The fourth-order valence-electron chi connectivity index (χ4n) is 4.60. The van der Waals surface area contributed by atoms with Crippen molar-refractivity contribution in [3.8, 4) is 0 Å². The maximum atomic E-state index is 3.60. The monoisotopic (exact) mass is 356 g/mol. The summed E-state index contributed by atoms with van der Waals surface area (Å²) >= 11 is 0. The Morgan fingerprint density at radius 1 is 0.778 bits per heavy atom. The molecular weight excluding hydrogens is 328 g/mol. The van der Waals surface area contributed by atoms with Crippen molar-refractivity contribution in [1.82, 2.24) is 10.2 Å². The van der Waals surface area contributed by atoms with Crippen molar-refractivity contribution in [2.45, 2.75) is 24.9 Å². The van der Waals surface area contributed by atoms with Crippen molar-refractivity contribution in [3.05, 3.63) is 108 Å². The predicted octanol–water partition coefficient (Wildman–Crippen LogP) is 4.66. The normalized spacial score (nSPS) is 18.3. The average molecular weight is 357 g/mol. The van der Waals surface area contributed by atoms with Gasteiger partial charge in [-0.2, -0.15) is 0 Å². The second kappa shape index (κ2) is 8.08. The first-order valence-corrected chi connectivity index (χ1v) is 10.0. The number of hydrogen-bond donors (Lipinski definition) is 1. The highest BCUT2D eigenvalue weighted by molar-refractivity contribution is 5.50. The summed E-state index contributed by atoms with van der Waals surface area (Å²) in [6, 6.07) is 33.5. The van der Waals surface area contributed by atoms with Crippen LogP contribution >= 0.6 is 0 Å². The lowest BCUT2D eigenvalue weighted by Crippen LogP contribution is -2.60. The second-order valence-electron chi connectivity index (χ2n) is 7.27. The van der Waals surface area contributed by atoms with Gasteiger partial charge in [-0.05, 0) is 23.1 Å². The molecule has 3 aromatic rings. The molecule has 1 aliphatic heterocycles. The Bertz CT molecular complexity index is 733. The Kier molecular flexibility index (Phi) is 5.38. The molecule has 1 aliphatic rings. The smallest absolute Gasteiger partial charge is 0.0976 e. The molecular formula is C25H28N2. The van der Waals surface area contributed by atoms with Crippen molar-refractivity contribution >= 4 is 0 Å². The zero-order valence-electron chi connectivity index (χ0n) is 16.0. The van der Waals surface area contributed by atoms with Gasteiger partial charge in [-0.3, -0.25) is 4.90 Å². The third kappa shape index (κ3) is 3.20. The summed E-state index contributed by atoms with van der Waals surface area (Å²) in [4.78, 5) is 2.73. The van der Waals surface area contributed by atoms with Crippen LogP contribution in [0.4, 0.5) is 0 Å². The van der Waals surface area contributed by atoms with Crippen molar-refractivity contribution in [1.29, 1.82) is 0 Å². The molecule has 0 amide bonds. The minimum Gasteiger partial charge on any atom is -0.314 e. The van der Waals surface area contributed by atoms with Crippen LogP contribution in [0.1, 0.15) is 30.0 Å². The van der Waals surface area contributed by atoms with E-state index in [1.54, 1.807) is 0 Å². The molecule has 0 radical (unpaired) electrons. The first-order valence-electron chi connectivity index (χ1n) is 10.0. The number of nitrogens with one attached hydrogen (secondary N) is 1. The van der Waals surface area contributed by atoms with Gasteiger partial charge in [-0.25, -0.2) is 0 Å². The summed E-state index contributed by atoms with van der Waals surface area (Å²) < 4.78 is 0. The van der Waals surface area contributed by atoms with E-state index in [-0.39, 0.29) is 5.54 Å². The van der Waals surface area contributed by atoms with Crippen LogP contribution in [0.2, 0.25) is 0 Å². The lowest BCUT2D eigenvalue weighted by molar-refractivity contribution is 0.0725. The van der Waals surface area contributed by atoms with Gasteiger partial charge < -0.3 is 5.32 Å². The minimum atomic E-state index is -0.285. The van der Waals surface area contributed by atoms with Crippen LogP contribution < -0.4 is 5.32 Å². The first kappa shape index (κ1) is 18.0. The highest BCUT2D eigenvalue weighted by Gasteiger charge is 2.45. The number of rotatable bonds is 5.